The number of nitrogen functional groups attached to an aromatic ring is 1. The molecule has 10 heteroatoms. The largest absolute Gasteiger partial charge is 0.421 e. The molecule has 40 heavy (non-hydrogen) atoms. The van der Waals surface area contributed by atoms with Crippen LogP contribution in [0.3, 0.4) is 0 Å². The lowest BCUT2D eigenvalue weighted by Gasteiger charge is -2.08. The first-order valence-electron chi connectivity index (χ1n) is 12.2. The minimum absolute atomic E-state index is 0.0178. The number of halogens is 1. The Balaban J connectivity index is 1.53. The molecule has 3 N–H and O–H groups in total. The summed E-state index contributed by atoms with van der Waals surface area (Å²) in [6.45, 7) is 5.62. The molecule has 0 fully saturated rings. The number of fused-ring (bicyclic) bond motifs is 1. The molecule has 3 heterocycles. The van der Waals surface area contributed by atoms with Crippen molar-refractivity contribution in [3.8, 4) is 34.7 Å². The molecule has 0 atom stereocenters. The maximum atomic E-state index is 15.3. The number of hydrogen-bond acceptors (Lipinski definition) is 7. The number of amides is 1. The number of ether oxygens (including phenoxy) is 1. The summed E-state index contributed by atoms with van der Waals surface area (Å²) in [6, 6.07) is 13.8. The molecule has 198 valence electrons. The number of aromatic nitrogens is 5. The molecular weight excluding hydrogens is 509 g/mol. The molecule has 5 aromatic rings. The average Bonchev–Trinajstić information content (AvgIpc) is 3.24. The van der Waals surface area contributed by atoms with Crippen molar-refractivity contribution in [2.75, 3.05) is 5.73 Å². The first-order valence-corrected chi connectivity index (χ1v) is 12.2. The molecule has 0 unspecified atom stereocenters. The van der Waals surface area contributed by atoms with Gasteiger partial charge in [0.2, 0.25) is 5.91 Å². The van der Waals surface area contributed by atoms with Gasteiger partial charge in [-0.15, -0.1) is 0 Å². The molecule has 9 nitrogen and oxygen atoms in total. The fourth-order valence-corrected chi connectivity index (χ4v) is 4.11. The first kappa shape index (κ1) is 26.1. The van der Waals surface area contributed by atoms with Gasteiger partial charge in [-0.25, -0.2) is 24.3 Å². The minimum Gasteiger partial charge on any atom is -0.421 e. The first-order chi connectivity index (χ1) is 19.3. The lowest BCUT2D eigenvalue weighted by molar-refractivity contribution is -0.116. The van der Waals surface area contributed by atoms with Gasteiger partial charge < -0.3 is 20.4 Å². The van der Waals surface area contributed by atoms with Crippen LogP contribution in [-0.2, 0) is 18.4 Å². The number of carbonyl (C=O) groups is 1. The van der Waals surface area contributed by atoms with Crippen molar-refractivity contribution in [1.29, 1.82) is 0 Å². The molecule has 0 aliphatic rings. The summed E-state index contributed by atoms with van der Waals surface area (Å²) in [5.74, 6) is 5.76. The summed E-state index contributed by atoms with van der Waals surface area (Å²) in [7, 11) is 1.82. The Morgan fingerprint density at radius 3 is 2.67 bits per heavy atom. The van der Waals surface area contributed by atoms with E-state index in [1.165, 1.54) is 24.5 Å². The molecule has 0 saturated heterocycles. The Kier molecular flexibility index (Phi) is 7.20. The van der Waals surface area contributed by atoms with Crippen molar-refractivity contribution in [2.45, 2.75) is 13.5 Å². The SMILES string of the molecule is C=CC(=O)NCc1ccc(C#Cc2c(-c3ccc(Oc4nccc(C)n4)c(F)c3)c3c(N)ncnc3n2C)cc1. The Bertz CT molecular complexity index is 1820. The van der Waals surface area contributed by atoms with Crippen LogP contribution >= 0.6 is 0 Å². The topological polar surface area (TPSA) is 121 Å². The normalized spacial score (nSPS) is 10.6. The molecule has 0 spiro atoms. The zero-order chi connectivity index (χ0) is 28.2. The van der Waals surface area contributed by atoms with Crippen LogP contribution in [0, 0.1) is 24.6 Å². The second kappa shape index (κ2) is 11.0. The van der Waals surface area contributed by atoms with Gasteiger partial charge in [-0.3, -0.25) is 4.79 Å². The van der Waals surface area contributed by atoms with Crippen molar-refractivity contribution < 1.29 is 13.9 Å². The molecular formula is C30H24FN7O2. The van der Waals surface area contributed by atoms with Gasteiger partial charge in [0, 0.05) is 36.6 Å². The summed E-state index contributed by atoms with van der Waals surface area (Å²) in [4.78, 5) is 28.1. The highest BCUT2D eigenvalue weighted by molar-refractivity contribution is 6.03. The fraction of sp³-hybridized carbons (Fsp3) is 0.100. The monoisotopic (exact) mass is 533 g/mol. The van der Waals surface area contributed by atoms with Crippen LogP contribution in [0.15, 0.2) is 73.7 Å². The maximum Gasteiger partial charge on any atom is 0.322 e. The van der Waals surface area contributed by atoms with E-state index in [9.17, 15) is 4.79 Å². The molecule has 0 radical (unpaired) electrons. The van der Waals surface area contributed by atoms with Crippen LogP contribution in [0.2, 0.25) is 0 Å². The van der Waals surface area contributed by atoms with Crippen molar-refractivity contribution in [3.05, 3.63) is 102 Å². The highest BCUT2D eigenvalue weighted by Crippen LogP contribution is 2.37. The van der Waals surface area contributed by atoms with Crippen molar-refractivity contribution >= 4 is 22.8 Å². The van der Waals surface area contributed by atoms with Gasteiger partial charge in [0.25, 0.3) is 0 Å². The summed E-state index contributed by atoms with van der Waals surface area (Å²) < 4.78 is 22.6. The number of aryl methyl sites for hydroxylation is 2. The van der Waals surface area contributed by atoms with Crippen LogP contribution in [0.25, 0.3) is 22.2 Å². The summed E-state index contributed by atoms with van der Waals surface area (Å²) in [5, 5.41) is 3.30. The number of rotatable bonds is 6. The Hall–Kier alpha value is -5.56. The van der Waals surface area contributed by atoms with Gasteiger partial charge in [0.15, 0.2) is 11.6 Å². The van der Waals surface area contributed by atoms with Gasteiger partial charge in [0.05, 0.1) is 5.39 Å². The number of anilines is 1. The van der Waals surface area contributed by atoms with Crippen LogP contribution in [0.5, 0.6) is 11.8 Å². The fourth-order valence-electron chi connectivity index (χ4n) is 4.11. The second-order valence-electron chi connectivity index (χ2n) is 8.84. The third-order valence-electron chi connectivity index (χ3n) is 6.12. The lowest BCUT2D eigenvalue weighted by atomic mass is 10.0. The van der Waals surface area contributed by atoms with Gasteiger partial charge in [-0.2, -0.15) is 0 Å². The smallest absolute Gasteiger partial charge is 0.322 e. The van der Waals surface area contributed by atoms with Crippen LogP contribution in [0.4, 0.5) is 10.2 Å². The van der Waals surface area contributed by atoms with E-state index >= 15 is 4.39 Å². The number of nitrogens with two attached hydrogens (primary N) is 1. The number of nitrogens with zero attached hydrogens (tertiary/aromatic N) is 5. The quantitative estimate of drug-likeness (QED) is 0.244. The highest BCUT2D eigenvalue weighted by atomic mass is 19.1. The summed E-state index contributed by atoms with van der Waals surface area (Å²) >= 11 is 0. The Morgan fingerprint density at radius 1 is 1.15 bits per heavy atom. The van der Waals surface area contributed by atoms with Crippen molar-refractivity contribution in [2.24, 2.45) is 7.05 Å². The van der Waals surface area contributed by atoms with Crippen LogP contribution < -0.4 is 15.8 Å². The third kappa shape index (κ3) is 5.35. The van der Waals surface area contributed by atoms with E-state index < -0.39 is 5.82 Å². The van der Waals surface area contributed by atoms with E-state index in [1.54, 1.807) is 29.8 Å². The van der Waals surface area contributed by atoms with E-state index in [4.69, 9.17) is 10.5 Å². The lowest BCUT2D eigenvalue weighted by Crippen LogP contribution is -2.19. The average molecular weight is 534 g/mol. The number of nitrogens with one attached hydrogen (secondary N) is 1. The van der Waals surface area contributed by atoms with E-state index in [0.29, 0.717) is 40.1 Å². The molecule has 0 aliphatic heterocycles. The second-order valence-corrected chi connectivity index (χ2v) is 8.84. The third-order valence-corrected chi connectivity index (χ3v) is 6.12. The standard InChI is InChI=1S/C30H24FN7O2/c1-4-25(39)34-16-20-7-5-19(6-8-20)9-11-23-26(27-28(32)35-17-36-29(27)38(23)3)21-10-12-24(22(31)15-21)40-30-33-14-13-18(2)37-30/h4-8,10,12-15,17H,1,16H2,2-3H3,(H,34,39)(H2,32,35,36). The molecule has 1 amide bonds. The zero-order valence-corrected chi connectivity index (χ0v) is 21.8. The summed E-state index contributed by atoms with van der Waals surface area (Å²) in [6.07, 6.45) is 4.15. The number of hydrogen-bond donors (Lipinski definition) is 2. The number of carbonyl (C=O) groups excluding carboxylic acids is 1. The van der Waals surface area contributed by atoms with Gasteiger partial charge in [-0.1, -0.05) is 30.7 Å². The van der Waals surface area contributed by atoms with Gasteiger partial charge in [-0.05, 0) is 60.4 Å². The van der Waals surface area contributed by atoms with Gasteiger partial charge in [0.1, 0.15) is 23.5 Å². The molecule has 0 bridgehead atoms. The van der Waals surface area contributed by atoms with Crippen molar-refractivity contribution in [3.63, 3.8) is 0 Å². The maximum absolute atomic E-state index is 15.3. The molecule has 5 rings (SSSR count). The zero-order valence-electron chi connectivity index (χ0n) is 21.8. The van der Waals surface area contributed by atoms with E-state index in [2.05, 4.69) is 43.7 Å². The molecule has 2 aromatic carbocycles. The predicted octanol–water partition coefficient (Wildman–Crippen LogP) is 4.45. The number of benzene rings is 2. The Morgan fingerprint density at radius 2 is 1.95 bits per heavy atom. The summed E-state index contributed by atoms with van der Waals surface area (Å²) in [5.41, 5.74) is 10.9. The molecule has 0 aliphatic carbocycles. The van der Waals surface area contributed by atoms with Gasteiger partial charge >= 0.3 is 6.01 Å². The molecule has 0 saturated carbocycles. The highest BCUT2D eigenvalue weighted by Gasteiger charge is 2.21. The van der Waals surface area contributed by atoms with E-state index in [1.807, 2.05) is 31.3 Å². The minimum atomic E-state index is -0.604. The van der Waals surface area contributed by atoms with Crippen LogP contribution in [-0.4, -0.2) is 30.4 Å². The molecule has 3 aromatic heterocycles. The predicted molar refractivity (Wildman–Crippen MR) is 150 cm³/mol. The van der Waals surface area contributed by atoms with E-state index in [-0.39, 0.29) is 23.5 Å². The Labute approximate surface area is 229 Å². The van der Waals surface area contributed by atoms with Crippen molar-refractivity contribution in [1.82, 2.24) is 29.8 Å². The van der Waals surface area contributed by atoms with E-state index in [0.717, 1.165) is 11.1 Å². The van der Waals surface area contributed by atoms with Crippen LogP contribution in [0.1, 0.15) is 22.5 Å².